The van der Waals surface area contributed by atoms with Crippen LogP contribution in [0.2, 0.25) is 0 Å². The Morgan fingerprint density at radius 3 is 2.57 bits per heavy atom. The summed E-state index contributed by atoms with van der Waals surface area (Å²) >= 11 is 0. The Bertz CT molecular complexity index is 1180. The molecule has 7 heteroatoms. The minimum atomic E-state index is -0.465. The van der Waals surface area contributed by atoms with Crippen molar-refractivity contribution in [3.8, 4) is 5.75 Å². The van der Waals surface area contributed by atoms with Crippen molar-refractivity contribution in [2.75, 3.05) is 26.2 Å². The average Bonchev–Trinajstić information content (AvgIpc) is 3.10. The molecule has 2 saturated heterocycles. The van der Waals surface area contributed by atoms with Gasteiger partial charge in [-0.1, -0.05) is 43.0 Å². The van der Waals surface area contributed by atoms with E-state index in [0.717, 1.165) is 30.5 Å². The molecule has 4 rings (SSSR count). The zero-order valence-corrected chi connectivity index (χ0v) is 21.6. The highest BCUT2D eigenvalue weighted by molar-refractivity contribution is 5.98. The Hall–Kier alpha value is -3.61. The molecule has 2 aliphatic heterocycles. The maximum Gasteiger partial charge on any atom is 0.253 e. The quantitative estimate of drug-likeness (QED) is 0.486. The van der Waals surface area contributed by atoms with Crippen LogP contribution in [0.5, 0.6) is 5.75 Å². The third-order valence-corrected chi connectivity index (χ3v) is 7.34. The fourth-order valence-corrected chi connectivity index (χ4v) is 5.41. The molecule has 2 fully saturated rings. The minimum absolute atomic E-state index is 0.00505. The first-order valence-electron chi connectivity index (χ1n) is 12.9. The summed E-state index contributed by atoms with van der Waals surface area (Å²) in [5.74, 6) is -0.0364. The van der Waals surface area contributed by atoms with Gasteiger partial charge in [-0.15, -0.1) is 0 Å². The highest BCUT2D eigenvalue weighted by Gasteiger charge is 2.29. The first-order valence-corrected chi connectivity index (χ1v) is 12.9. The number of carbonyl (C=O) groups is 1. The van der Waals surface area contributed by atoms with Crippen molar-refractivity contribution >= 4 is 5.91 Å². The summed E-state index contributed by atoms with van der Waals surface area (Å²) in [6.45, 7) is 11.0. The number of hydrogen-bond donors (Lipinski definition) is 1. The van der Waals surface area contributed by atoms with Gasteiger partial charge in [-0.2, -0.15) is 0 Å². The van der Waals surface area contributed by atoms with Crippen molar-refractivity contribution in [3.63, 3.8) is 0 Å². The highest BCUT2D eigenvalue weighted by atomic mass is 19.3. The molecule has 2 aromatic carbocycles. The predicted molar refractivity (Wildman–Crippen MR) is 142 cm³/mol. The summed E-state index contributed by atoms with van der Waals surface area (Å²) in [6, 6.07) is 14.2. The third kappa shape index (κ3) is 6.04. The van der Waals surface area contributed by atoms with Crippen LogP contribution in [-0.2, 0) is 11.3 Å². The van der Waals surface area contributed by atoms with E-state index in [1.54, 1.807) is 0 Å². The number of allylic oxidation sites excluding steroid dienone is 1. The Morgan fingerprint density at radius 1 is 1.16 bits per heavy atom. The molecule has 196 valence electrons. The Labute approximate surface area is 218 Å². The van der Waals surface area contributed by atoms with Crippen molar-refractivity contribution in [1.82, 2.24) is 15.1 Å². The van der Waals surface area contributed by atoms with E-state index in [1.807, 2.05) is 35.8 Å². The van der Waals surface area contributed by atoms with E-state index < -0.39 is 5.82 Å². The maximum absolute atomic E-state index is 14.0. The van der Waals surface area contributed by atoms with E-state index in [4.69, 9.17) is 0 Å². The number of amides is 1. The van der Waals surface area contributed by atoms with E-state index in [0.29, 0.717) is 48.9 Å². The lowest BCUT2D eigenvalue weighted by atomic mass is 9.89. The second-order valence-electron chi connectivity index (χ2n) is 9.66. The second-order valence-corrected chi connectivity index (χ2v) is 9.66. The third-order valence-electron chi connectivity index (χ3n) is 7.34. The molecule has 5 nitrogen and oxygen atoms in total. The fourth-order valence-electron chi connectivity index (χ4n) is 5.41. The second kappa shape index (κ2) is 12.1. The molecule has 1 N–H and O–H groups in total. The van der Waals surface area contributed by atoms with Crippen molar-refractivity contribution in [2.24, 2.45) is 0 Å². The molecule has 0 bridgehead atoms. The van der Waals surface area contributed by atoms with Gasteiger partial charge in [-0.05, 0) is 68.4 Å². The van der Waals surface area contributed by atoms with Gasteiger partial charge >= 0.3 is 0 Å². The number of benzene rings is 2. The summed E-state index contributed by atoms with van der Waals surface area (Å²) in [5.41, 5.74) is 4.57. The Morgan fingerprint density at radius 2 is 1.89 bits per heavy atom. The zero-order valence-electron chi connectivity index (χ0n) is 21.6. The Kier molecular flexibility index (Phi) is 8.64. The summed E-state index contributed by atoms with van der Waals surface area (Å²) in [4.78, 5) is 21.6. The van der Waals surface area contributed by atoms with Gasteiger partial charge in [0.05, 0.1) is 11.4 Å². The molecule has 0 unspecified atom stereocenters. The lowest BCUT2D eigenvalue weighted by Crippen LogP contribution is -2.39. The first kappa shape index (κ1) is 26.5. The van der Waals surface area contributed by atoms with Gasteiger partial charge < -0.3 is 15.1 Å². The van der Waals surface area contributed by atoms with Crippen molar-refractivity contribution in [2.45, 2.75) is 45.6 Å². The minimum Gasteiger partial charge on any atom is -0.384 e. The number of likely N-dealkylation sites (tertiary alicyclic amines) is 1. The number of nitrogens with zero attached hydrogens (tertiary/aromatic N) is 2. The van der Waals surface area contributed by atoms with Crippen LogP contribution in [0.15, 0.2) is 83.7 Å². The number of carbonyl (C=O) groups excluding carboxylic acids is 1. The monoisotopic (exact) mass is 507 g/mol. The number of halogens is 2. The van der Waals surface area contributed by atoms with Crippen LogP contribution in [0.25, 0.3) is 0 Å². The first-order chi connectivity index (χ1) is 17.9. The largest absolute Gasteiger partial charge is 0.384 e. The standard InChI is InChI=1S/C30H35F2N3O2/c1-4-27(30(36)34-17-13-24(14-18-34)23-9-6-5-7-10-23)21(2)29-22(3)33-15-8-16-35(29)20-25-19-26(31)11-12-28(25)37-32/h4-7,9-12,19,24,33H,3,8,13-18,20H2,1-2H3/b27-4+,29-21+. The lowest BCUT2D eigenvalue weighted by molar-refractivity contribution is -0.127. The van der Waals surface area contributed by atoms with Gasteiger partial charge in [0.25, 0.3) is 5.91 Å². The number of nitrogens with one attached hydrogen (secondary N) is 1. The zero-order chi connectivity index (χ0) is 26.4. The van der Waals surface area contributed by atoms with Gasteiger partial charge in [0.15, 0.2) is 5.75 Å². The molecule has 1 amide bonds. The van der Waals surface area contributed by atoms with Gasteiger partial charge in [0.1, 0.15) is 5.82 Å². The van der Waals surface area contributed by atoms with Gasteiger partial charge in [-0.25, -0.2) is 4.39 Å². The molecule has 0 aliphatic carbocycles. The number of rotatable bonds is 6. The summed E-state index contributed by atoms with van der Waals surface area (Å²) in [5, 5.41) is 3.33. The molecule has 0 aromatic heterocycles. The SMILES string of the molecule is C=C1NCCCN(Cc2cc(F)ccc2OF)/C1=C(C)/C(=C\C)C(=O)N1CCC(c2ccccc2)CC1. The van der Waals surface area contributed by atoms with E-state index in [2.05, 4.69) is 41.1 Å². The van der Waals surface area contributed by atoms with E-state index >= 15 is 0 Å². The van der Waals surface area contributed by atoms with Gasteiger partial charge in [0, 0.05) is 48.4 Å². The number of piperidine rings is 1. The van der Waals surface area contributed by atoms with Crippen LogP contribution in [0, 0.1) is 5.82 Å². The molecule has 0 radical (unpaired) electrons. The molecule has 0 saturated carbocycles. The van der Waals surface area contributed by atoms with Crippen LogP contribution in [0.3, 0.4) is 0 Å². The summed E-state index contributed by atoms with van der Waals surface area (Å²) in [7, 11) is 0. The molecule has 37 heavy (non-hydrogen) atoms. The van der Waals surface area contributed by atoms with E-state index in [1.165, 1.54) is 23.8 Å². The van der Waals surface area contributed by atoms with Crippen LogP contribution < -0.4 is 10.3 Å². The summed E-state index contributed by atoms with van der Waals surface area (Å²) in [6.07, 6.45) is 4.51. The normalized spacial score (nSPS) is 18.8. The smallest absolute Gasteiger partial charge is 0.253 e. The summed E-state index contributed by atoms with van der Waals surface area (Å²) < 4.78 is 27.2. The van der Waals surface area contributed by atoms with Gasteiger partial charge in [0.2, 0.25) is 0 Å². The lowest BCUT2D eigenvalue weighted by Gasteiger charge is -2.34. The van der Waals surface area contributed by atoms with Gasteiger partial charge in [-0.3, -0.25) is 9.74 Å². The molecule has 0 atom stereocenters. The van der Waals surface area contributed by atoms with Crippen LogP contribution in [0.4, 0.5) is 8.92 Å². The van der Waals surface area contributed by atoms with Crippen LogP contribution >= 0.6 is 0 Å². The molecular weight excluding hydrogens is 472 g/mol. The van der Waals surface area contributed by atoms with Crippen LogP contribution in [0.1, 0.15) is 50.2 Å². The van der Waals surface area contributed by atoms with Crippen molar-refractivity contribution in [1.29, 1.82) is 0 Å². The topological polar surface area (TPSA) is 44.8 Å². The number of hydrogen-bond acceptors (Lipinski definition) is 4. The average molecular weight is 508 g/mol. The molecule has 0 spiro atoms. The molecule has 2 aliphatic rings. The van der Waals surface area contributed by atoms with Crippen molar-refractivity contribution < 1.29 is 18.7 Å². The van der Waals surface area contributed by atoms with E-state index in [9.17, 15) is 13.7 Å². The Balaban J connectivity index is 1.58. The maximum atomic E-state index is 14.0. The fraction of sp³-hybridized carbons (Fsp3) is 0.367. The van der Waals surface area contributed by atoms with Crippen LogP contribution in [-0.4, -0.2) is 41.9 Å². The molecular formula is C30H35F2N3O2. The van der Waals surface area contributed by atoms with Crippen molar-refractivity contribution in [3.05, 3.63) is 101 Å². The highest BCUT2D eigenvalue weighted by Crippen LogP contribution is 2.32. The molecule has 2 aromatic rings. The molecule has 2 heterocycles. The predicted octanol–water partition coefficient (Wildman–Crippen LogP) is 6.02. The van der Waals surface area contributed by atoms with E-state index in [-0.39, 0.29) is 18.2 Å².